The molecule has 19 aromatic rings. The van der Waals surface area contributed by atoms with E-state index in [0.717, 1.165) is 160 Å². The van der Waals surface area contributed by atoms with E-state index in [9.17, 15) is 5.26 Å². The van der Waals surface area contributed by atoms with E-state index >= 15 is 0 Å². The van der Waals surface area contributed by atoms with Crippen molar-refractivity contribution in [3.63, 3.8) is 0 Å². The molecular formula is C101H67N5O2. The van der Waals surface area contributed by atoms with Crippen LogP contribution >= 0.6 is 0 Å². The van der Waals surface area contributed by atoms with Crippen molar-refractivity contribution in [2.24, 2.45) is 4.99 Å². The van der Waals surface area contributed by atoms with Crippen molar-refractivity contribution in [1.82, 2.24) is 0 Å². The Hall–Kier alpha value is -14.1. The molecule has 0 saturated heterocycles. The molecule has 4 heterocycles. The second-order valence-electron chi connectivity index (χ2n) is 28.7. The summed E-state index contributed by atoms with van der Waals surface area (Å²) in [6.07, 6.45) is 11.0. The Morgan fingerprint density at radius 2 is 1.08 bits per heavy atom. The van der Waals surface area contributed by atoms with E-state index in [-0.39, 0.29) is 5.92 Å². The Morgan fingerprint density at radius 3 is 1.83 bits per heavy atom. The highest BCUT2D eigenvalue weighted by Gasteiger charge is 2.34. The molecule has 0 saturated carbocycles. The summed E-state index contributed by atoms with van der Waals surface area (Å²) in [7, 11) is 0. The normalized spacial score (nSPS) is 13.3. The second kappa shape index (κ2) is 25.1. The number of allylic oxidation sites excluding steroid dienone is 2. The van der Waals surface area contributed by atoms with E-state index < -0.39 is 0 Å². The number of nitrogens with zero attached hydrogens (tertiary/aromatic N) is 5. The summed E-state index contributed by atoms with van der Waals surface area (Å²) in [6, 6.07) is 114. The lowest BCUT2D eigenvalue weighted by Crippen LogP contribution is -2.22. The molecule has 0 N–H and O–H groups in total. The maximum Gasteiger partial charge on any atom is 0.159 e. The molecule has 0 atom stereocenters. The van der Waals surface area contributed by atoms with Crippen LogP contribution < -0.4 is 14.7 Å². The zero-order valence-corrected chi connectivity index (χ0v) is 59.4. The SMILES string of the molecule is CC(C)c1c(N2C=CC=CC2)c2cc(C(=Nc3ccccc3)c3ccccc3)c3c4ccc(N5CC=C(c6cccc7ccccc67)c6ccccc65)cc4oc3c2c2c1cc(C#N)c1oc3c(N(c4c5ccccc5c(-c5ccccc5)c5ccccc45)c4cc5ccccc5c5ccccc45)cccc3c12. The van der Waals surface area contributed by atoms with Crippen molar-refractivity contribution >= 4 is 170 Å². The summed E-state index contributed by atoms with van der Waals surface area (Å²) in [5.74, 6) is -0.0485. The summed E-state index contributed by atoms with van der Waals surface area (Å²) in [6.45, 7) is 5.82. The van der Waals surface area contributed by atoms with E-state index in [4.69, 9.17) is 13.8 Å². The smallest absolute Gasteiger partial charge is 0.159 e. The molecule has 108 heavy (non-hydrogen) atoms. The van der Waals surface area contributed by atoms with Crippen LogP contribution in [0.15, 0.2) is 354 Å². The molecule has 0 fully saturated rings. The zero-order valence-electron chi connectivity index (χ0n) is 59.4. The van der Waals surface area contributed by atoms with Crippen molar-refractivity contribution in [3.05, 3.63) is 373 Å². The van der Waals surface area contributed by atoms with Gasteiger partial charge in [-0.2, -0.15) is 5.26 Å². The fourth-order valence-corrected chi connectivity index (χ4v) is 17.9. The van der Waals surface area contributed by atoms with Gasteiger partial charge < -0.3 is 23.5 Å². The monoisotopic (exact) mass is 1380 g/mol. The van der Waals surface area contributed by atoms with Gasteiger partial charge in [-0.25, -0.2) is 4.99 Å². The van der Waals surface area contributed by atoms with Gasteiger partial charge in [0.2, 0.25) is 0 Å². The van der Waals surface area contributed by atoms with Crippen LogP contribution in [-0.4, -0.2) is 18.8 Å². The number of aliphatic imine (C=N–C) groups is 1. The quantitative estimate of drug-likeness (QED) is 0.0730. The van der Waals surface area contributed by atoms with Crippen LogP contribution in [-0.2, 0) is 0 Å². The first-order valence-corrected chi connectivity index (χ1v) is 37.2. The largest absolute Gasteiger partial charge is 0.455 e. The predicted octanol–water partition coefficient (Wildman–Crippen LogP) is 27.3. The van der Waals surface area contributed by atoms with Crippen LogP contribution in [0.4, 0.5) is 39.8 Å². The van der Waals surface area contributed by atoms with Gasteiger partial charge in [0.05, 0.1) is 39.7 Å². The van der Waals surface area contributed by atoms with Crippen LogP contribution in [0.1, 0.15) is 53.1 Å². The number of furan rings is 2. The molecule has 17 aromatic carbocycles. The van der Waals surface area contributed by atoms with Gasteiger partial charge in [0.15, 0.2) is 11.2 Å². The van der Waals surface area contributed by atoms with Crippen LogP contribution in [0, 0.1) is 11.3 Å². The van der Waals surface area contributed by atoms with E-state index in [1.807, 2.05) is 6.07 Å². The van der Waals surface area contributed by atoms with Gasteiger partial charge in [-0.3, -0.25) is 0 Å². The minimum atomic E-state index is -0.0485. The molecule has 508 valence electrons. The molecule has 0 radical (unpaired) electrons. The molecule has 0 aliphatic carbocycles. The maximum absolute atomic E-state index is 12.0. The number of para-hydroxylation sites is 3. The zero-order chi connectivity index (χ0) is 71.7. The molecule has 7 heteroatoms. The highest BCUT2D eigenvalue weighted by molar-refractivity contribution is 6.39. The molecule has 0 bridgehead atoms. The van der Waals surface area contributed by atoms with Crippen LogP contribution in [0.5, 0.6) is 0 Å². The molecular weight excluding hydrogens is 1320 g/mol. The number of rotatable bonds is 11. The highest BCUT2D eigenvalue weighted by atomic mass is 16.3. The van der Waals surface area contributed by atoms with Gasteiger partial charge in [-0.15, -0.1) is 0 Å². The van der Waals surface area contributed by atoms with E-state index in [0.29, 0.717) is 35.4 Å². The average molecular weight is 1380 g/mol. The topological polar surface area (TPSA) is 72.1 Å². The average Bonchev–Trinajstić information content (AvgIpc) is 1.74. The van der Waals surface area contributed by atoms with Crippen molar-refractivity contribution < 1.29 is 8.83 Å². The van der Waals surface area contributed by atoms with Crippen LogP contribution in [0.25, 0.3) is 136 Å². The summed E-state index contributed by atoms with van der Waals surface area (Å²) >= 11 is 0. The van der Waals surface area contributed by atoms with Crippen molar-refractivity contribution in [3.8, 4) is 17.2 Å². The fraction of sp³-hybridized carbons (Fsp3) is 0.0495. The van der Waals surface area contributed by atoms with Gasteiger partial charge in [0.25, 0.3) is 0 Å². The lowest BCUT2D eigenvalue weighted by molar-refractivity contribution is 0.668. The van der Waals surface area contributed by atoms with Crippen molar-refractivity contribution in [2.45, 2.75) is 19.8 Å². The molecule has 2 aliphatic rings. The Labute approximate surface area is 623 Å². The third-order valence-corrected chi connectivity index (χ3v) is 22.4. The lowest BCUT2D eigenvalue weighted by atomic mass is 9.83. The summed E-state index contributed by atoms with van der Waals surface area (Å²) in [5.41, 5.74) is 19.5. The standard InChI is InChI=1S/C101H67N5O2/c1-62(2)90-83-57-67(61-102)99-94(82-48-28-50-87(100(82)108-99)106(88-58-66-34-14-16-39-71(66)73-40-17-18-42-76(73)88)97-79-45-21-19-43-77(79)91(64-30-7-3-8-31-64)78-44-20-22-46-80(78)97)93(83)95-85(98(90)104-54-25-6-26-55-104)60-84(96(65-32-9-4-10-33-65)103-68-36-11-5-12-37-68)92-81-52-51-69(59-89(81)107-101(92)95)105-56-53-74(75-41-23-24-49-86(75)105)72-47-27-35-63-29-13-15-38-70(63)72/h3-54,57-60,62H,55-56H2,1-2H3. The van der Waals surface area contributed by atoms with Gasteiger partial charge in [0.1, 0.15) is 17.2 Å². The number of fused-ring (bicyclic) bond motifs is 18. The molecule has 0 amide bonds. The number of anilines is 6. The van der Waals surface area contributed by atoms with E-state index in [2.05, 4.69) is 368 Å². The summed E-state index contributed by atoms with van der Waals surface area (Å²) in [4.78, 5) is 13.0. The van der Waals surface area contributed by atoms with Crippen LogP contribution in [0.3, 0.4) is 0 Å². The van der Waals surface area contributed by atoms with Gasteiger partial charge >= 0.3 is 0 Å². The van der Waals surface area contributed by atoms with Gasteiger partial charge in [-0.05, 0) is 138 Å². The molecule has 21 rings (SSSR count). The predicted molar refractivity (Wildman–Crippen MR) is 453 cm³/mol. The molecule has 0 spiro atoms. The third kappa shape index (κ3) is 9.70. The highest BCUT2D eigenvalue weighted by Crippen LogP contribution is 2.57. The number of nitriles is 1. The molecule has 2 aromatic heterocycles. The number of benzene rings is 17. The first kappa shape index (κ1) is 62.5. The Balaban J connectivity index is 0.903. The van der Waals surface area contributed by atoms with E-state index in [1.54, 1.807) is 0 Å². The van der Waals surface area contributed by atoms with Crippen molar-refractivity contribution in [2.75, 3.05) is 27.8 Å². The fourth-order valence-electron chi connectivity index (χ4n) is 17.9. The number of hydrogen-bond acceptors (Lipinski definition) is 7. The molecule has 0 unspecified atom stereocenters. The maximum atomic E-state index is 12.0. The molecule has 2 aliphatic heterocycles. The Morgan fingerprint density at radius 1 is 0.454 bits per heavy atom. The summed E-state index contributed by atoms with van der Waals surface area (Å²) in [5, 5.41) is 30.7. The minimum absolute atomic E-state index is 0.0485. The summed E-state index contributed by atoms with van der Waals surface area (Å²) < 4.78 is 15.8. The molecule has 7 nitrogen and oxygen atoms in total. The minimum Gasteiger partial charge on any atom is -0.455 e. The van der Waals surface area contributed by atoms with Crippen molar-refractivity contribution in [1.29, 1.82) is 5.26 Å². The van der Waals surface area contributed by atoms with E-state index in [1.165, 1.54) is 32.9 Å². The second-order valence-corrected chi connectivity index (χ2v) is 28.7. The first-order valence-electron chi connectivity index (χ1n) is 37.2. The first-order chi connectivity index (χ1) is 53.4. The Kier molecular flexibility index (Phi) is 14.5. The number of hydrogen-bond donors (Lipinski definition) is 0. The lowest BCUT2D eigenvalue weighted by Gasteiger charge is -2.31. The van der Waals surface area contributed by atoms with Gasteiger partial charge in [-0.1, -0.05) is 281 Å². The third-order valence-electron chi connectivity index (χ3n) is 22.4. The van der Waals surface area contributed by atoms with Gasteiger partial charge in [0, 0.05) is 107 Å². The Bertz CT molecular complexity index is 7110. The van der Waals surface area contributed by atoms with Crippen LogP contribution in [0.2, 0.25) is 0 Å².